The van der Waals surface area contributed by atoms with E-state index in [0.29, 0.717) is 50.8 Å². The smallest absolute Gasteiger partial charge is 0.225 e. The lowest BCUT2D eigenvalue weighted by atomic mass is 9.92. The van der Waals surface area contributed by atoms with E-state index in [2.05, 4.69) is 36.1 Å². The standard InChI is InChI=1S/C27H34N4O3/c1-18-16-30(11-12-31(18)24(32)10-13-33-3)27-23(15-28)19(2)25(26(29-27)21-8-9-21)22-7-5-6-20(14-22)17-34-4/h5-7,14,18,21H,8-13,16-17H2,1-4H3. The minimum atomic E-state index is 0.0431. The maximum absolute atomic E-state index is 12.6. The first-order chi connectivity index (χ1) is 16.5. The molecule has 1 aliphatic heterocycles. The number of ether oxygens (including phenoxy) is 2. The molecule has 1 aromatic carbocycles. The van der Waals surface area contributed by atoms with E-state index in [-0.39, 0.29) is 11.9 Å². The third-order valence-electron chi connectivity index (χ3n) is 6.83. The van der Waals surface area contributed by atoms with Gasteiger partial charge < -0.3 is 19.3 Å². The van der Waals surface area contributed by atoms with Gasteiger partial charge in [-0.1, -0.05) is 18.2 Å². The fourth-order valence-corrected chi connectivity index (χ4v) is 4.93. The number of hydrogen-bond acceptors (Lipinski definition) is 6. The van der Waals surface area contributed by atoms with Crippen LogP contribution >= 0.6 is 0 Å². The number of benzene rings is 1. The van der Waals surface area contributed by atoms with Crippen LogP contribution in [0.1, 0.15) is 54.5 Å². The van der Waals surface area contributed by atoms with Gasteiger partial charge in [0.15, 0.2) is 0 Å². The molecule has 7 heteroatoms. The molecule has 1 saturated heterocycles. The summed E-state index contributed by atoms with van der Waals surface area (Å²) < 4.78 is 10.4. The van der Waals surface area contributed by atoms with Gasteiger partial charge in [0.25, 0.3) is 0 Å². The highest BCUT2D eigenvalue weighted by atomic mass is 16.5. The van der Waals surface area contributed by atoms with Crippen molar-refractivity contribution < 1.29 is 14.3 Å². The van der Waals surface area contributed by atoms with Gasteiger partial charge in [-0.2, -0.15) is 5.26 Å². The van der Waals surface area contributed by atoms with E-state index < -0.39 is 0 Å². The SMILES string of the molecule is COCCC(=O)N1CCN(c2nc(C3CC3)c(-c3cccc(COC)c3)c(C)c2C#N)CC1C. The molecule has 7 nitrogen and oxygen atoms in total. The predicted molar refractivity (Wildman–Crippen MR) is 132 cm³/mol. The monoisotopic (exact) mass is 462 g/mol. The summed E-state index contributed by atoms with van der Waals surface area (Å²) in [5.41, 5.74) is 5.98. The fourth-order valence-electron chi connectivity index (χ4n) is 4.93. The highest BCUT2D eigenvalue weighted by Crippen LogP contribution is 2.46. The lowest BCUT2D eigenvalue weighted by Gasteiger charge is -2.41. The number of pyridine rings is 1. The highest BCUT2D eigenvalue weighted by molar-refractivity contribution is 5.79. The van der Waals surface area contributed by atoms with Crippen molar-refractivity contribution in [2.45, 2.75) is 51.7 Å². The fraction of sp³-hybridized carbons (Fsp3) is 0.519. The average molecular weight is 463 g/mol. The van der Waals surface area contributed by atoms with E-state index in [1.807, 2.05) is 17.9 Å². The van der Waals surface area contributed by atoms with Crippen molar-refractivity contribution in [3.8, 4) is 17.2 Å². The van der Waals surface area contributed by atoms with Gasteiger partial charge in [-0.25, -0.2) is 4.98 Å². The number of aromatic nitrogens is 1. The van der Waals surface area contributed by atoms with Gasteiger partial charge in [-0.3, -0.25) is 4.79 Å². The van der Waals surface area contributed by atoms with Crippen LogP contribution in [-0.4, -0.2) is 62.3 Å². The summed E-state index contributed by atoms with van der Waals surface area (Å²) in [4.78, 5) is 21.8. The van der Waals surface area contributed by atoms with Gasteiger partial charge in [-0.15, -0.1) is 0 Å². The number of anilines is 1. The summed E-state index contributed by atoms with van der Waals surface area (Å²) in [7, 11) is 3.31. The number of amides is 1. The Morgan fingerprint density at radius 2 is 2.03 bits per heavy atom. The lowest BCUT2D eigenvalue weighted by molar-refractivity contribution is -0.134. The molecule has 2 aliphatic rings. The Morgan fingerprint density at radius 1 is 1.24 bits per heavy atom. The minimum absolute atomic E-state index is 0.0431. The van der Waals surface area contributed by atoms with E-state index in [0.717, 1.165) is 46.6 Å². The van der Waals surface area contributed by atoms with Crippen LogP contribution < -0.4 is 4.90 Å². The second-order valence-corrected chi connectivity index (χ2v) is 9.34. The molecule has 0 N–H and O–H groups in total. The van der Waals surface area contributed by atoms with Gasteiger partial charge in [-0.05, 0) is 49.4 Å². The summed E-state index contributed by atoms with van der Waals surface area (Å²) in [6.07, 6.45) is 2.64. The van der Waals surface area contributed by atoms with Crippen LogP contribution in [0.25, 0.3) is 11.1 Å². The first kappa shape index (κ1) is 24.2. The van der Waals surface area contributed by atoms with Crippen LogP contribution in [0.5, 0.6) is 0 Å². The maximum Gasteiger partial charge on any atom is 0.225 e. The van der Waals surface area contributed by atoms with Crippen LogP contribution in [0.2, 0.25) is 0 Å². The summed E-state index contributed by atoms with van der Waals surface area (Å²) in [5, 5.41) is 10.2. The van der Waals surface area contributed by atoms with Crippen molar-refractivity contribution in [2.75, 3.05) is 45.4 Å². The molecule has 4 rings (SSSR count). The van der Waals surface area contributed by atoms with E-state index in [4.69, 9.17) is 14.5 Å². The highest BCUT2D eigenvalue weighted by Gasteiger charge is 2.34. The number of nitriles is 1. The quantitative estimate of drug-likeness (QED) is 0.590. The van der Waals surface area contributed by atoms with Gasteiger partial charge in [0.1, 0.15) is 11.9 Å². The molecule has 1 atom stereocenters. The van der Waals surface area contributed by atoms with E-state index in [1.54, 1.807) is 14.2 Å². The predicted octanol–water partition coefficient (Wildman–Crippen LogP) is 4.03. The number of methoxy groups -OCH3 is 2. The number of carbonyl (C=O) groups is 1. The summed E-state index contributed by atoms with van der Waals surface area (Å²) in [6, 6.07) is 10.8. The second-order valence-electron chi connectivity index (χ2n) is 9.34. The Labute approximate surface area is 202 Å². The van der Waals surface area contributed by atoms with Gasteiger partial charge in [0.2, 0.25) is 5.91 Å². The molecular formula is C27H34N4O3. The largest absolute Gasteiger partial charge is 0.384 e. The second kappa shape index (κ2) is 10.5. The Morgan fingerprint density at radius 3 is 2.68 bits per heavy atom. The zero-order valence-electron chi connectivity index (χ0n) is 20.6. The molecule has 1 aromatic heterocycles. The Balaban J connectivity index is 1.69. The van der Waals surface area contributed by atoms with Crippen molar-refractivity contribution in [3.63, 3.8) is 0 Å². The normalized spacial score (nSPS) is 18.1. The molecule has 1 saturated carbocycles. The molecule has 2 heterocycles. The number of nitrogens with zero attached hydrogens (tertiary/aromatic N) is 4. The molecule has 0 bridgehead atoms. The minimum Gasteiger partial charge on any atom is -0.384 e. The van der Waals surface area contributed by atoms with E-state index in [1.165, 1.54) is 0 Å². The average Bonchev–Trinajstić information content (AvgIpc) is 3.67. The van der Waals surface area contributed by atoms with Gasteiger partial charge in [0.05, 0.1) is 30.9 Å². The van der Waals surface area contributed by atoms with Crippen molar-refractivity contribution >= 4 is 11.7 Å². The summed E-state index contributed by atoms with van der Waals surface area (Å²) >= 11 is 0. The topological polar surface area (TPSA) is 78.7 Å². The summed E-state index contributed by atoms with van der Waals surface area (Å²) in [5.74, 6) is 1.30. The van der Waals surface area contributed by atoms with Crippen LogP contribution in [0, 0.1) is 18.3 Å². The number of hydrogen-bond donors (Lipinski definition) is 0. The van der Waals surface area contributed by atoms with E-state index in [9.17, 15) is 10.1 Å². The Kier molecular flexibility index (Phi) is 7.50. The molecule has 34 heavy (non-hydrogen) atoms. The van der Waals surface area contributed by atoms with Gasteiger partial charge >= 0.3 is 0 Å². The number of rotatable bonds is 8. The first-order valence-electron chi connectivity index (χ1n) is 12.0. The zero-order valence-corrected chi connectivity index (χ0v) is 20.6. The summed E-state index contributed by atoms with van der Waals surface area (Å²) in [6.45, 7) is 7.03. The lowest BCUT2D eigenvalue weighted by Crippen LogP contribution is -2.54. The van der Waals surface area contributed by atoms with Crippen LogP contribution in [0.4, 0.5) is 5.82 Å². The van der Waals surface area contributed by atoms with Crippen molar-refractivity contribution in [2.24, 2.45) is 0 Å². The van der Waals surface area contributed by atoms with Crippen LogP contribution in [0.3, 0.4) is 0 Å². The Bertz CT molecular complexity index is 1090. The number of piperazine rings is 1. The van der Waals surface area contributed by atoms with E-state index >= 15 is 0 Å². The third-order valence-corrected chi connectivity index (χ3v) is 6.83. The molecule has 0 radical (unpaired) electrons. The molecule has 2 aromatic rings. The molecule has 1 amide bonds. The van der Waals surface area contributed by atoms with Crippen molar-refractivity contribution in [3.05, 3.63) is 46.6 Å². The Hall–Kier alpha value is -2.95. The van der Waals surface area contributed by atoms with Crippen LogP contribution in [0.15, 0.2) is 24.3 Å². The van der Waals surface area contributed by atoms with Crippen molar-refractivity contribution in [1.82, 2.24) is 9.88 Å². The maximum atomic E-state index is 12.6. The number of carbonyl (C=O) groups excluding carboxylic acids is 1. The molecule has 180 valence electrons. The molecule has 1 unspecified atom stereocenters. The third kappa shape index (κ3) is 4.94. The van der Waals surface area contributed by atoms with Gasteiger partial charge in [0, 0.05) is 51.4 Å². The molecule has 2 fully saturated rings. The van der Waals surface area contributed by atoms with Crippen molar-refractivity contribution in [1.29, 1.82) is 5.26 Å². The van der Waals surface area contributed by atoms with Crippen LogP contribution in [-0.2, 0) is 20.9 Å². The molecule has 0 spiro atoms. The molecular weight excluding hydrogens is 428 g/mol. The zero-order chi connectivity index (χ0) is 24.2. The molecule has 1 aliphatic carbocycles. The first-order valence-corrected chi connectivity index (χ1v) is 12.0.